The van der Waals surface area contributed by atoms with Gasteiger partial charge in [0, 0.05) is 52.3 Å². The van der Waals surface area contributed by atoms with Crippen molar-refractivity contribution >= 4 is 49.4 Å². The van der Waals surface area contributed by atoms with E-state index in [4.69, 9.17) is 5.73 Å². The number of anilines is 2. The summed E-state index contributed by atoms with van der Waals surface area (Å²) in [7, 11) is -5.19. The number of carbonyl (C=O) groups excluding carboxylic acids is 1. The molecule has 0 bridgehead atoms. The van der Waals surface area contributed by atoms with Gasteiger partial charge in [-0.15, -0.1) is 11.3 Å². The molecule has 0 fully saturated rings. The number of nitrogens with two attached hydrogens (primary N) is 1. The van der Waals surface area contributed by atoms with Crippen molar-refractivity contribution < 1.29 is 17.4 Å². The van der Waals surface area contributed by atoms with Gasteiger partial charge >= 0.3 is 0 Å². The number of nitrogens with zero attached hydrogens (tertiary/aromatic N) is 1. The molecule has 4 N–H and O–H groups in total. The number of benzene rings is 2. The molecular formula is C27H38N4O4S3. The Balaban J connectivity index is 0.000000926. The van der Waals surface area contributed by atoms with E-state index in [1.54, 1.807) is 63.6 Å². The molecule has 11 heteroatoms. The Bertz CT molecular complexity index is 1430. The average Bonchev–Trinajstić information content (AvgIpc) is 3.20. The summed E-state index contributed by atoms with van der Waals surface area (Å²) < 4.78 is 41.2. The van der Waals surface area contributed by atoms with Crippen molar-refractivity contribution in [3.05, 3.63) is 42.6 Å². The molecule has 1 atom stereocenters. The van der Waals surface area contributed by atoms with Crippen LogP contribution in [0.25, 0.3) is 21.0 Å². The normalized spacial score (nSPS) is 12.9. The Morgan fingerprint density at radius 1 is 1.00 bits per heavy atom. The summed E-state index contributed by atoms with van der Waals surface area (Å²) in [6.07, 6.45) is 3.18. The van der Waals surface area contributed by atoms with E-state index >= 15 is 0 Å². The van der Waals surface area contributed by atoms with Gasteiger partial charge < -0.3 is 11.1 Å². The minimum absolute atomic E-state index is 0.0404. The molecule has 38 heavy (non-hydrogen) atoms. The Morgan fingerprint density at radius 3 is 2.11 bits per heavy atom. The third kappa shape index (κ3) is 9.61. The molecule has 208 valence electrons. The van der Waals surface area contributed by atoms with Crippen LogP contribution in [0.4, 0.5) is 11.4 Å². The van der Waals surface area contributed by atoms with Crippen LogP contribution in [0, 0.1) is 5.41 Å². The Morgan fingerprint density at radius 2 is 1.58 bits per heavy atom. The highest BCUT2D eigenvalue weighted by Gasteiger charge is 2.26. The third-order valence-corrected chi connectivity index (χ3v) is 8.17. The zero-order valence-electron chi connectivity index (χ0n) is 23.4. The van der Waals surface area contributed by atoms with Crippen LogP contribution in [0.1, 0.15) is 55.4 Å². The summed E-state index contributed by atoms with van der Waals surface area (Å²) in [5, 5.41) is 3.17. The molecule has 0 spiro atoms. The van der Waals surface area contributed by atoms with Crippen LogP contribution < -0.4 is 15.8 Å². The van der Waals surface area contributed by atoms with Gasteiger partial charge in [0.1, 0.15) is 5.01 Å². The Labute approximate surface area is 233 Å². The second kappa shape index (κ2) is 12.1. The number of sulfonamides is 1. The highest BCUT2D eigenvalue weighted by atomic mass is 32.2. The van der Waals surface area contributed by atoms with Crippen molar-refractivity contribution in [1.29, 1.82) is 0 Å². The standard InChI is InChI=1S/C22H26N4O4S3.C5H12/c1-13(27)25-15-7-9-16(19(11-15)32(5)28)18-12-24-21(31-18)17-8-6-14(23)10-20(17)33(29,30)26-22(2,3)4;1-5(2,3)4/h6-12,26H,23H2,1-5H3,(H,25,27);1-4H3. The molecule has 2 aromatic carbocycles. The number of hydrogen-bond acceptors (Lipinski definition) is 7. The van der Waals surface area contributed by atoms with E-state index in [1.165, 1.54) is 24.3 Å². The molecule has 0 saturated carbocycles. The largest absolute Gasteiger partial charge is 0.399 e. The van der Waals surface area contributed by atoms with Gasteiger partial charge in [0.15, 0.2) is 0 Å². The van der Waals surface area contributed by atoms with E-state index in [-0.39, 0.29) is 10.8 Å². The van der Waals surface area contributed by atoms with Gasteiger partial charge in [-0.2, -0.15) is 0 Å². The van der Waals surface area contributed by atoms with Crippen molar-refractivity contribution in [2.45, 2.75) is 70.7 Å². The third-order valence-electron chi connectivity index (χ3n) is 4.35. The molecule has 1 amide bonds. The van der Waals surface area contributed by atoms with E-state index < -0.39 is 26.4 Å². The fraction of sp³-hybridized carbons (Fsp3) is 0.407. The summed E-state index contributed by atoms with van der Waals surface area (Å²) in [5.41, 5.74) is 7.70. The molecular weight excluding hydrogens is 541 g/mol. The van der Waals surface area contributed by atoms with Crippen molar-refractivity contribution in [3.63, 3.8) is 0 Å². The number of rotatable bonds is 6. The smallest absolute Gasteiger partial charge is 0.241 e. The molecule has 1 unspecified atom stereocenters. The molecule has 3 aromatic rings. The maximum atomic E-state index is 13.1. The minimum Gasteiger partial charge on any atom is -0.399 e. The van der Waals surface area contributed by atoms with E-state index in [1.807, 2.05) is 0 Å². The predicted molar refractivity (Wildman–Crippen MR) is 159 cm³/mol. The van der Waals surface area contributed by atoms with E-state index in [2.05, 4.69) is 42.7 Å². The van der Waals surface area contributed by atoms with Crippen LogP contribution in [0.15, 0.2) is 52.4 Å². The zero-order chi connectivity index (χ0) is 29.1. The average molecular weight is 579 g/mol. The maximum Gasteiger partial charge on any atom is 0.241 e. The molecule has 0 saturated heterocycles. The highest BCUT2D eigenvalue weighted by molar-refractivity contribution is 7.89. The molecule has 3 rings (SSSR count). The fourth-order valence-electron chi connectivity index (χ4n) is 3.16. The Hall–Kier alpha value is -2.60. The number of thiazole rings is 1. The van der Waals surface area contributed by atoms with Gasteiger partial charge in [-0.05, 0) is 56.5 Å². The number of hydrogen-bond donors (Lipinski definition) is 3. The van der Waals surface area contributed by atoms with Crippen molar-refractivity contribution in [2.24, 2.45) is 5.41 Å². The minimum atomic E-state index is -3.87. The lowest BCUT2D eigenvalue weighted by molar-refractivity contribution is -0.114. The lowest BCUT2D eigenvalue weighted by Crippen LogP contribution is -2.40. The number of nitrogen functional groups attached to an aromatic ring is 1. The van der Waals surface area contributed by atoms with Crippen LogP contribution in [0.2, 0.25) is 0 Å². The highest BCUT2D eigenvalue weighted by Crippen LogP contribution is 2.38. The molecule has 0 radical (unpaired) electrons. The molecule has 1 heterocycles. The SMILES string of the molecule is CC(=O)Nc1ccc(-c2cnc(-c3ccc(N)cc3S(=O)(=O)NC(C)(C)C)s2)c(S(C)=O)c1.CC(C)(C)C. The van der Waals surface area contributed by atoms with Gasteiger partial charge in [-0.3, -0.25) is 9.00 Å². The Kier molecular flexibility index (Phi) is 10.0. The van der Waals surface area contributed by atoms with Crippen molar-refractivity contribution in [3.8, 4) is 21.0 Å². The van der Waals surface area contributed by atoms with Crippen LogP contribution in [-0.4, -0.2) is 35.3 Å². The summed E-state index contributed by atoms with van der Waals surface area (Å²) in [6.45, 7) is 15.4. The van der Waals surface area contributed by atoms with Crippen LogP contribution >= 0.6 is 11.3 Å². The molecule has 0 aliphatic heterocycles. The van der Waals surface area contributed by atoms with Gasteiger partial charge in [0.05, 0.1) is 20.6 Å². The van der Waals surface area contributed by atoms with Crippen molar-refractivity contribution in [1.82, 2.24) is 9.71 Å². The number of aromatic nitrogens is 1. The molecule has 8 nitrogen and oxygen atoms in total. The maximum absolute atomic E-state index is 13.1. The quantitative estimate of drug-likeness (QED) is 0.313. The number of carbonyl (C=O) groups is 1. The summed E-state index contributed by atoms with van der Waals surface area (Å²) in [6, 6.07) is 9.83. The molecule has 1 aromatic heterocycles. The van der Waals surface area contributed by atoms with E-state index in [0.717, 1.165) is 0 Å². The lowest BCUT2D eigenvalue weighted by atomic mass is 10.0. The predicted octanol–water partition coefficient (Wildman–Crippen LogP) is 5.88. The van der Waals surface area contributed by atoms with Crippen LogP contribution in [0.5, 0.6) is 0 Å². The van der Waals surface area contributed by atoms with E-state index in [9.17, 15) is 17.4 Å². The fourth-order valence-corrected chi connectivity index (χ4v) is 6.73. The van der Waals surface area contributed by atoms with Gasteiger partial charge in [0.2, 0.25) is 15.9 Å². The van der Waals surface area contributed by atoms with Crippen LogP contribution in [0.3, 0.4) is 0 Å². The van der Waals surface area contributed by atoms with E-state index in [0.29, 0.717) is 42.7 Å². The monoisotopic (exact) mass is 578 g/mol. The molecule has 0 aliphatic rings. The first-order chi connectivity index (χ1) is 17.3. The van der Waals surface area contributed by atoms with Gasteiger partial charge in [-0.25, -0.2) is 18.1 Å². The second-order valence-corrected chi connectivity index (χ2v) is 15.5. The summed E-state index contributed by atoms with van der Waals surface area (Å²) >= 11 is 1.28. The first kappa shape index (κ1) is 31.6. The van der Waals surface area contributed by atoms with Gasteiger partial charge in [-0.1, -0.05) is 33.8 Å². The summed E-state index contributed by atoms with van der Waals surface area (Å²) in [4.78, 5) is 17.1. The zero-order valence-corrected chi connectivity index (χ0v) is 25.9. The molecule has 0 aliphatic carbocycles. The topological polar surface area (TPSA) is 131 Å². The lowest BCUT2D eigenvalue weighted by Gasteiger charge is -2.21. The first-order valence-corrected chi connectivity index (χ1v) is 15.8. The number of amides is 1. The second-order valence-electron chi connectivity index (χ2n) is 11.5. The van der Waals surface area contributed by atoms with Gasteiger partial charge in [0.25, 0.3) is 0 Å². The number of nitrogens with one attached hydrogen (secondary N) is 2. The van der Waals surface area contributed by atoms with Crippen molar-refractivity contribution in [2.75, 3.05) is 17.3 Å². The summed E-state index contributed by atoms with van der Waals surface area (Å²) in [5.74, 6) is -0.225. The first-order valence-electron chi connectivity index (χ1n) is 11.9. The van der Waals surface area contributed by atoms with Crippen LogP contribution in [-0.2, 0) is 25.6 Å².